The number of alkyl carbamates (subject to hydrolysis) is 1. The largest absolute Gasteiger partial charge is 0.444 e. The number of hydrogen-bond acceptors (Lipinski definition) is 4. The molecule has 1 aromatic rings. The molecule has 1 saturated carbocycles. The zero-order valence-electron chi connectivity index (χ0n) is 15.0. The summed E-state index contributed by atoms with van der Waals surface area (Å²) in [5.41, 5.74) is 0.718. The van der Waals surface area contributed by atoms with Crippen LogP contribution in [0.25, 0.3) is 0 Å². The summed E-state index contributed by atoms with van der Waals surface area (Å²) in [6.45, 7) is 6.69. The van der Waals surface area contributed by atoms with Gasteiger partial charge in [0.05, 0.1) is 11.9 Å². The summed E-state index contributed by atoms with van der Waals surface area (Å²) < 4.78 is 6.35. The van der Waals surface area contributed by atoms with Crippen LogP contribution < -0.4 is 10.2 Å². The average Bonchev–Trinajstić information content (AvgIpc) is 2.48. The molecule has 2 rings (SSSR count). The number of anilines is 1. The van der Waals surface area contributed by atoms with E-state index in [1.165, 1.54) is 0 Å². The van der Waals surface area contributed by atoms with Gasteiger partial charge in [0, 0.05) is 19.6 Å². The first kappa shape index (κ1) is 19.3. The van der Waals surface area contributed by atoms with Crippen LogP contribution >= 0.6 is 22.6 Å². The lowest BCUT2D eigenvalue weighted by molar-refractivity contribution is 0.0488. The van der Waals surface area contributed by atoms with E-state index in [9.17, 15) is 4.79 Å². The van der Waals surface area contributed by atoms with Gasteiger partial charge >= 0.3 is 6.09 Å². The van der Waals surface area contributed by atoms with Crippen LogP contribution in [0, 0.1) is 9.62 Å². The van der Waals surface area contributed by atoms with Gasteiger partial charge in [0.25, 0.3) is 0 Å². The highest BCUT2D eigenvalue weighted by molar-refractivity contribution is 14.1. The Morgan fingerprint density at radius 3 is 2.54 bits per heavy atom. The number of rotatable bonds is 4. The molecule has 0 unspecified atom stereocenters. The molecular weight excluding hydrogens is 417 g/mol. The maximum Gasteiger partial charge on any atom is 0.407 e. The van der Waals surface area contributed by atoms with Gasteiger partial charge in [0.1, 0.15) is 9.30 Å². The van der Waals surface area contributed by atoms with E-state index in [1.54, 1.807) is 0 Å². The third-order valence-electron chi connectivity index (χ3n) is 4.25. The fourth-order valence-corrected chi connectivity index (χ4v) is 3.37. The molecule has 1 aliphatic carbocycles. The molecule has 1 heterocycles. The van der Waals surface area contributed by atoms with Crippen molar-refractivity contribution >= 4 is 34.4 Å². The molecular formula is C18H28IN3O2. The third-order valence-corrected chi connectivity index (χ3v) is 4.89. The molecule has 1 N–H and O–H groups in total. The van der Waals surface area contributed by atoms with Crippen LogP contribution in [0.1, 0.15) is 46.5 Å². The van der Waals surface area contributed by atoms with Crippen molar-refractivity contribution in [1.82, 2.24) is 10.3 Å². The van der Waals surface area contributed by atoms with Gasteiger partial charge in [-0.15, -0.1) is 0 Å². The number of halogens is 1. The van der Waals surface area contributed by atoms with Crippen molar-refractivity contribution in [2.45, 2.75) is 58.1 Å². The fraction of sp³-hybridized carbons (Fsp3) is 0.667. The Labute approximate surface area is 158 Å². The van der Waals surface area contributed by atoms with Crippen LogP contribution in [-0.2, 0) is 4.74 Å². The molecule has 6 heteroatoms. The number of carbonyl (C=O) groups excluding carboxylic acids is 1. The third kappa shape index (κ3) is 6.45. The van der Waals surface area contributed by atoms with E-state index in [0.29, 0.717) is 5.92 Å². The number of nitrogens with zero attached hydrogens (tertiary/aromatic N) is 2. The SMILES string of the molecule is CN(CC1CCC(NC(=O)OC(C)(C)C)CC1)c1ccc(I)nc1. The monoisotopic (exact) mass is 445 g/mol. The van der Waals surface area contributed by atoms with Crippen LogP contribution in [0.4, 0.5) is 10.5 Å². The molecule has 1 amide bonds. The second kappa shape index (κ2) is 8.36. The molecule has 0 saturated heterocycles. The predicted molar refractivity (Wildman–Crippen MR) is 105 cm³/mol. The van der Waals surface area contributed by atoms with Crippen molar-refractivity contribution < 1.29 is 9.53 Å². The van der Waals surface area contributed by atoms with Crippen molar-refractivity contribution in [1.29, 1.82) is 0 Å². The number of ether oxygens (including phenoxy) is 1. The summed E-state index contributed by atoms with van der Waals surface area (Å²) in [5.74, 6) is 0.658. The van der Waals surface area contributed by atoms with Crippen molar-refractivity contribution in [3.8, 4) is 0 Å². The molecule has 1 aliphatic rings. The summed E-state index contributed by atoms with van der Waals surface area (Å²) in [7, 11) is 2.12. The van der Waals surface area contributed by atoms with Gasteiger partial charge in [-0.1, -0.05) is 0 Å². The highest BCUT2D eigenvalue weighted by atomic mass is 127. The van der Waals surface area contributed by atoms with Gasteiger partial charge in [-0.25, -0.2) is 9.78 Å². The van der Waals surface area contributed by atoms with E-state index < -0.39 is 5.60 Å². The Bertz CT molecular complexity index is 534. The number of pyridine rings is 1. The molecule has 0 aliphatic heterocycles. The van der Waals surface area contributed by atoms with Gasteiger partial charge in [-0.05, 0) is 87.1 Å². The average molecular weight is 445 g/mol. The minimum Gasteiger partial charge on any atom is -0.444 e. The van der Waals surface area contributed by atoms with Gasteiger partial charge in [-0.3, -0.25) is 0 Å². The van der Waals surface area contributed by atoms with Crippen molar-refractivity contribution in [3.63, 3.8) is 0 Å². The van der Waals surface area contributed by atoms with Crippen molar-refractivity contribution in [2.24, 2.45) is 5.92 Å². The molecule has 0 aromatic carbocycles. The summed E-state index contributed by atoms with van der Waals surface area (Å²) in [6, 6.07) is 4.39. The quantitative estimate of drug-likeness (QED) is 0.558. The minimum absolute atomic E-state index is 0.237. The summed E-state index contributed by atoms with van der Waals surface area (Å²) in [4.78, 5) is 18.5. The Kier molecular flexibility index (Phi) is 6.71. The molecule has 5 nitrogen and oxygen atoms in total. The van der Waals surface area contributed by atoms with Gasteiger partial charge in [-0.2, -0.15) is 0 Å². The lowest BCUT2D eigenvalue weighted by Crippen LogP contribution is -2.41. The highest BCUT2D eigenvalue weighted by Gasteiger charge is 2.25. The first-order valence-corrected chi connectivity index (χ1v) is 9.63. The normalized spacial score (nSPS) is 21.2. The first-order valence-electron chi connectivity index (χ1n) is 8.55. The van der Waals surface area contributed by atoms with E-state index in [1.807, 2.05) is 33.0 Å². The van der Waals surface area contributed by atoms with Crippen LogP contribution in [0.15, 0.2) is 18.3 Å². The smallest absolute Gasteiger partial charge is 0.407 e. The molecule has 0 spiro atoms. The predicted octanol–water partition coefficient (Wildman–Crippen LogP) is 4.21. The topological polar surface area (TPSA) is 54.5 Å². The Hall–Kier alpha value is -1.05. The summed E-state index contributed by atoms with van der Waals surface area (Å²) in [6.07, 6.45) is 5.92. The summed E-state index contributed by atoms with van der Waals surface area (Å²) in [5, 5.41) is 3.00. The molecule has 0 atom stereocenters. The number of aromatic nitrogens is 1. The van der Waals surface area contributed by atoms with Crippen molar-refractivity contribution in [3.05, 3.63) is 22.0 Å². The number of amides is 1. The second-order valence-electron chi connectivity index (χ2n) is 7.58. The maximum absolute atomic E-state index is 11.8. The second-order valence-corrected chi connectivity index (χ2v) is 8.69. The zero-order chi connectivity index (χ0) is 17.7. The van der Waals surface area contributed by atoms with E-state index in [-0.39, 0.29) is 12.1 Å². The molecule has 24 heavy (non-hydrogen) atoms. The van der Waals surface area contributed by atoms with Gasteiger partial charge in [0.2, 0.25) is 0 Å². The minimum atomic E-state index is -0.439. The fourth-order valence-electron chi connectivity index (χ4n) is 3.05. The molecule has 0 bridgehead atoms. The van der Waals surface area contributed by atoms with E-state index in [0.717, 1.165) is 41.6 Å². The highest BCUT2D eigenvalue weighted by Crippen LogP contribution is 2.26. The Morgan fingerprint density at radius 1 is 1.33 bits per heavy atom. The lowest BCUT2D eigenvalue weighted by Gasteiger charge is -2.32. The van der Waals surface area contributed by atoms with E-state index in [2.05, 4.69) is 50.9 Å². The van der Waals surface area contributed by atoms with Crippen LogP contribution in [0.5, 0.6) is 0 Å². The molecule has 134 valence electrons. The summed E-state index contributed by atoms with van der Waals surface area (Å²) >= 11 is 2.22. The maximum atomic E-state index is 11.8. The van der Waals surface area contributed by atoms with E-state index >= 15 is 0 Å². The Balaban J connectivity index is 1.74. The van der Waals surface area contributed by atoms with Crippen molar-refractivity contribution in [2.75, 3.05) is 18.5 Å². The van der Waals surface area contributed by atoms with Gasteiger partial charge < -0.3 is 15.0 Å². The molecule has 1 fully saturated rings. The molecule has 0 radical (unpaired) electrons. The number of hydrogen-bond donors (Lipinski definition) is 1. The van der Waals surface area contributed by atoms with E-state index in [4.69, 9.17) is 4.74 Å². The molecule has 1 aromatic heterocycles. The Morgan fingerprint density at radius 2 is 2.00 bits per heavy atom. The van der Waals surface area contributed by atoms with Crippen LogP contribution in [-0.4, -0.2) is 36.3 Å². The van der Waals surface area contributed by atoms with Gasteiger partial charge in [0.15, 0.2) is 0 Å². The lowest BCUT2D eigenvalue weighted by atomic mass is 9.85. The van der Waals surface area contributed by atoms with Crippen LogP contribution in [0.2, 0.25) is 0 Å². The number of nitrogens with one attached hydrogen (secondary N) is 1. The number of carbonyl (C=O) groups is 1. The first-order chi connectivity index (χ1) is 11.2. The zero-order valence-corrected chi connectivity index (χ0v) is 17.2. The van der Waals surface area contributed by atoms with Crippen LogP contribution in [0.3, 0.4) is 0 Å². The standard InChI is InChI=1S/C18H28IN3O2/c1-18(2,3)24-17(23)21-14-7-5-13(6-8-14)12-22(4)15-9-10-16(19)20-11-15/h9-11,13-14H,5-8,12H2,1-4H3,(H,21,23).